The molecule has 1 fully saturated rings. The van der Waals surface area contributed by atoms with Gasteiger partial charge in [0, 0.05) is 73.8 Å². The maximum absolute atomic E-state index is 13.8. The molecule has 1 amide bonds. The summed E-state index contributed by atoms with van der Waals surface area (Å²) in [6, 6.07) is 10.2. The van der Waals surface area contributed by atoms with Crippen LogP contribution in [0.1, 0.15) is 64.2 Å². The molecule has 12 heteroatoms. The van der Waals surface area contributed by atoms with E-state index in [-0.39, 0.29) is 53.2 Å². The van der Waals surface area contributed by atoms with Crippen LogP contribution in [0, 0.1) is 0 Å². The van der Waals surface area contributed by atoms with Crippen molar-refractivity contribution in [2.75, 3.05) is 26.3 Å². The number of aryl methyl sites for hydroxylation is 1. The summed E-state index contributed by atoms with van der Waals surface area (Å²) in [6.45, 7) is 5.45. The summed E-state index contributed by atoms with van der Waals surface area (Å²) in [5.41, 5.74) is 2.95. The van der Waals surface area contributed by atoms with Crippen molar-refractivity contribution in [3.05, 3.63) is 77.9 Å². The zero-order valence-electron chi connectivity index (χ0n) is 26.4. The Morgan fingerprint density at radius 2 is 1.63 bits per heavy atom. The summed E-state index contributed by atoms with van der Waals surface area (Å²) in [6.07, 6.45) is 7.55. The number of benzene rings is 2. The van der Waals surface area contributed by atoms with Crippen molar-refractivity contribution in [3.8, 4) is 39.5 Å². The molecular weight excluding hydrogens is 599 g/mol. The Kier molecular flexibility index (Phi) is 9.85. The van der Waals surface area contributed by atoms with Gasteiger partial charge in [0.15, 0.2) is 5.78 Å². The molecule has 11 nitrogen and oxygen atoms in total. The van der Waals surface area contributed by atoms with Gasteiger partial charge in [-0.1, -0.05) is 6.07 Å². The number of amides is 1. The van der Waals surface area contributed by atoms with Gasteiger partial charge in [0.1, 0.15) is 22.8 Å². The summed E-state index contributed by atoms with van der Waals surface area (Å²) in [4.78, 5) is 44.2. The Morgan fingerprint density at radius 3 is 2.24 bits per heavy atom. The van der Waals surface area contributed by atoms with E-state index >= 15 is 0 Å². The van der Waals surface area contributed by atoms with E-state index in [4.69, 9.17) is 14.2 Å². The van der Waals surface area contributed by atoms with Gasteiger partial charge in [0.05, 0.1) is 42.9 Å². The maximum atomic E-state index is 13.8. The van der Waals surface area contributed by atoms with Crippen LogP contribution in [0.2, 0.25) is 0 Å². The fourth-order valence-corrected chi connectivity index (χ4v) is 6.05. The fourth-order valence-electron chi connectivity index (χ4n) is 6.05. The Bertz CT molecular complexity index is 1770. The van der Waals surface area contributed by atoms with Crippen molar-refractivity contribution in [1.82, 2.24) is 19.7 Å². The van der Waals surface area contributed by atoms with Gasteiger partial charge in [0.2, 0.25) is 0 Å². The van der Waals surface area contributed by atoms with Crippen LogP contribution in [0.4, 0.5) is 0 Å². The van der Waals surface area contributed by atoms with Crippen LogP contribution in [0.5, 0.6) is 17.2 Å². The number of carboxylic acids is 1. The number of ketones is 1. The number of likely N-dealkylation sites (tertiary alicyclic amines) is 1. The van der Waals surface area contributed by atoms with Crippen molar-refractivity contribution < 1.29 is 63.3 Å². The Hall–Kier alpha value is -4.19. The predicted octanol–water partition coefficient (Wildman–Crippen LogP) is 0.954. The molecule has 2 aromatic carbocycles. The Morgan fingerprint density at radius 1 is 0.935 bits per heavy atom. The number of fused-ring (bicyclic) bond motifs is 1. The molecule has 0 aliphatic carbocycles. The number of hydrogen-bond donors (Lipinski definition) is 0. The van der Waals surface area contributed by atoms with E-state index in [1.165, 1.54) is 18.5 Å². The summed E-state index contributed by atoms with van der Waals surface area (Å²) >= 11 is 0. The summed E-state index contributed by atoms with van der Waals surface area (Å²) in [5.74, 6) is 0.0482. The van der Waals surface area contributed by atoms with Crippen molar-refractivity contribution in [2.45, 2.75) is 38.7 Å². The molecule has 2 aliphatic rings. The third kappa shape index (κ3) is 6.53. The number of aromatic nitrogens is 3. The molecule has 0 N–H and O–H groups in total. The maximum Gasteiger partial charge on any atom is 1.00 e. The average Bonchev–Trinajstić information content (AvgIpc) is 3.46. The first-order valence-corrected chi connectivity index (χ1v) is 14.9. The molecule has 1 spiro atoms. The molecule has 46 heavy (non-hydrogen) atoms. The van der Waals surface area contributed by atoms with Gasteiger partial charge < -0.3 is 29.0 Å². The minimum absolute atomic E-state index is 0. The number of piperidine rings is 1. The van der Waals surface area contributed by atoms with Gasteiger partial charge >= 0.3 is 29.6 Å². The molecule has 0 atom stereocenters. The predicted molar refractivity (Wildman–Crippen MR) is 162 cm³/mol. The molecule has 0 bridgehead atoms. The van der Waals surface area contributed by atoms with E-state index in [2.05, 4.69) is 10.1 Å². The van der Waals surface area contributed by atoms with Crippen LogP contribution >= 0.6 is 0 Å². The van der Waals surface area contributed by atoms with Gasteiger partial charge in [0.25, 0.3) is 5.91 Å². The molecule has 4 heterocycles. The van der Waals surface area contributed by atoms with E-state index < -0.39 is 11.6 Å². The number of nitrogens with zero attached hydrogens (tertiary/aromatic N) is 4. The molecule has 2 aliphatic heterocycles. The second-order valence-electron chi connectivity index (χ2n) is 11.3. The number of carbonyl (C=O) groups is 3. The number of carbonyl (C=O) groups excluding carboxylic acids is 3. The van der Waals surface area contributed by atoms with Gasteiger partial charge in [-0.05, 0) is 49.7 Å². The number of carboxylic acid groups (broad SMARTS) is 1. The van der Waals surface area contributed by atoms with Gasteiger partial charge in [-0.15, -0.1) is 0 Å². The van der Waals surface area contributed by atoms with Crippen LogP contribution in [-0.2, 0) is 7.05 Å². The van der Waals surface area contributed by atoms with Gasteiger partial charge in [-0.2, -0.15) is 5.10 Å². The number of Topliss-reactive ketones (excluding diaryl/α,β-unsaturated/α-hetero) is 1. The zero-order valence-corrected chi connectivity index (χ0v) is 28.4. The van der Waals surface area contributed by atoms with Crippen LogP contribution in [-0.4, -0.2) is 69.2 Å². The molecule has 4 aromatic rings. The fraction of sp³-hybridized carbons (Fsp3) is 0.324. The molecule has 0 radical (unpaired) electrons. The van der Waals surface area contributed by atoms with Crippen LogP contribution < -0.4 is 48.9 Å². The zero-order chi connectivity index (χ0) is 31.7. The molecule has 1 saturated heterocycles. The summed E-state index contributed by atoms with van der Waals surface area (Å²) in [7, 11) is 1.84. The SMILES string of the molecule is CCOc1cc(C(=O)N2CCC3(CC2)CC(=O)c2cc(-c4cncc(C(=O)[O-])c4)ccc2O3)cc(OCC)c1-c1cnn(C)c1.[Na+]. The van der Waals surface area contributed by atoms with E-state index in [9.17, 15) is 19.5 Å². The second kappa shape index (κ2) is 13.7. The summed E-state index contributed by atoms with van der Waals surface area (Å²) in [5, 5.41) is 15.6. The largest absolute Gasteiger partial charge is 1.00 e. The smallest absolute Gasteiger partial charge is 0.545 e. The van der Waals surface area contributed by atoms with E-state index in [1.54, 1.807) is 46.1 Å². The van der Waals surface area contributed by atoms with Crippen LogP contribution in [0.25, 0.3) is 22.3 Å². The average molecular weight is 633 g/mol. The second-order valence-corrected chi connectivity index (χ2v) is 11.3. The topological polar surface area (TPSA) is 136 Å². The van der Waals surface area contributed by atoms with Crippen LogP contribution in [0.3, 0.4) is 0 Å². The van der Waals surface area contributed by atoms with Crippen molar-refractivity contribution in [3.63, 3.8) is 0 Å². The number of hydrogen-bond acceptors (Lipinski definition) is 9. The third-order valence-electron chi connectivity index (χ3n) is 8.26. The number of aromatic carboxylic acids is 1. The monoisotopic (exact) mass is 632 g/mol. The minimum Gasteiger partial charge on any atom is -0.545 e. The minimum atomic E-state index is -1.32. The Balaban J connectivity index is 0.00000417. The van der Waals surface area contributed by atoms with Crippen molar-refractivity contribution in [2.24, 2.45) is 7.05 Å². The molecule has 232 valence electrons. The number of ether oxygens (including phenoxy) is 3. The van der Waals surface area contributed by atoms with Crippen molar-refractivity contribution in [1.29, 1.82) is 0 Å². The summed E-state index contributed by atoms with van der Waals surface area (Å²) < 4.78 is 20.1. The third-order valence-corrected chi connectivity index (χ3v) is 8.26. The molecular formula is C34H33N4NaO7. The number of pyridine rings is 1. The van der Waals surface area contributed by atoms with E-state index in [0.29, 0.717) is 78.6 Å². The first kappa shape index (κ1) is 33.2. The Labute approximate surface area is 288 Å². The van der Waals surface area contributed by atoms with E-state index in [1.807, 2.05) is 27.1 Å². The first-order chi connectivity index (χ1) is 21.7. The molecule has 6 rings (SSSR count). The first-order valence-electron chi connectivity index (χ1n) is 14.9. The van der Waals surface area contributed by atoms with Crippen LogP contribution in [0.15, 0.2) is 61.2 Å². The van der Waals surface area contributed by atoms with Gasteiger partial charge in [-0.3, -0.25) is 19.3 Å². The van der Waals surface area contributed by atoms with Gasteiger partial charge in [-0.25, -0.2) is 0 Å². The standard InChI is InChI=1S/C34H34N4O7.Na/c1-4-43-29-14-22(15-30(44-5-2)31(29)25-19-36-37(3)20-25)32(40)38-10-8-34(9-11-38)16-27(39)26-13-21(6-7-28(26)45-34)23-12-24(33(41)42)18-35-17-23;/h6-7,12-15,17-20H,4-5,8-11,16H2,1-3H3,(H,41,42);/q;+1/p-1. The van der Waals surface area contributed by atoms with Crippen molar-refractivity contribution >= 4 is 17.7 Å². The molecule has 0 unspecified atom stereocenters. The molecule has 0 saturated carbocycles. The normalized spacial score (nSPS) is 15.0. The number of rotatable bonds is 8. The van der Waals surface area contributed by atoms with E-state index in [0.717, 1.165) is 11.1 Å². The molecule has 2 aromatic heterocycles. The quantitative estimate of drug-likeness (QED) is 0.260.